The Kier molecular flexibility index (Phi) is 5.08. The minimum absolute atomic E-state index is 0.331. The number of nitrogens with zero attached hydrogens (tertiary/aromatic N) is 3. The maximum absolute atomic E-state index is 12.7. The number of piperidine rings is 1. The highest BCUT2D eigenvalue weighted by Gasteiger charge is 2.26. The topological polar surface area (TPSA) is 36.4 Å². The Hall–Kier alpha value is -1.40. The zero-order chi connectivity index (χ0) is 17.2. The number of carbonyl (C=O) groups is 1. The number of fused-ring (bicyclic) bond motifs is 1. The highest BCUT2D eigenvalue weighted by molar-refractivity contribution is 9.10. The fourth-order valence-corrected chi connectivity index (χ4v) is 4.88. The van der Waals surface area contributed by atoms with Crippen molar-refractivity contribution in [2.24, 2.45) is 5.92 Å². The molecule has 4 nitrogen and oxygen atoms in total. The van der Waals surface area contributed by atoms with Crippen LogP contribution >= 0.6 is 27.3 Å². The van der Waals surface area contributed by atoms with Crippen molar-refractivity contribution in [3.05, 3.63) is 44.7 Å². The Morgan fingerprint density at radius 3 is 2.84 bits per heavy atom. The summed E-state index contributed by atoms with van der Waals surface area (Å²) in [6.07, 6.45) is 5.70. The second-order valence-corrected chi connectivity index (χ2v) is 8.82. The fraction of sp³-hybridized carbons (Fsp3) is 0.474. The Morgan fingerprint density at radius 2 is 2.08 bits per heavy atom. The molecule has 0 bridgehead atoms. The molecule has 4 heterocycles. The van der Waals surface area contributed by atoms with E-state index >= 15 is 0 Å². The van der Waals surface area contributed by atoms with Gasteiger partial charge in [-0.2, -0.15) is 0 Å². The molecule has 2 aliphatic heterocycles. The second kappa shape index (κ2) is 7.46. The predicted octanol–water partition coefficient (Wildman–Crippen LogP) is 4.10. The summed E-state index contributed by atoms with van der Waals surface area (Å²) >= 11 is 5.25. The van der Waals surface area contributed by atoms with Gasteiger partial charge in [-0.05, 0) is 70.3 Å². The van der Waals surface area contributed by atoms with Gasteiger partial charge >= 0.3 is 0 Å². The van der Waals surface area contributed by atoms with Gasteiger partial charge in [0.05, 0.1) is 0 Å². The van der Waals surface area contributed by atoms with E-state index in [-0.39, 0.29) is 0 Å². The van der Waals surface area contributed by atoms with E-state index in [4.69, 9.17) is 0 Å². The highest BCUT2D eigenvalue weighted by atomic mass is 79.9. The molecule has 2 aliphatic rings. The van der Waals surface area contributed by atoms with Gasteiger partial charge in [-0.3, -0.25) is 4.79 Å². The van der Waals surface area contributed by atoms with Crippen LogP contribution in [0.3, 0.4) is 0 Å². The van der Waals surface area contributed by atoms with Gasteiger partial charge in [0.1, 0.15) is 5.82 Å². The number of rotatable bonds is 3. The molecule has 2 aromatic rings. The molecule has 1 fully saturated rings. The van der Waals surface area contributed by atoms with Gasteiger partial charge in [-0.15, -0.1) is 11.3 Å². The van der Waals surface area contributed by atoms with Gasteiger partial charge in [0, 0.05) is 48.1 Å². The lowest BCUT2D eigenvalue weighted by Crippen LogP contribution is -2.39. The molecule has 6 heteroatoms. The number of hydrogen-bond acceptors (Lipinski definition) is 4. The molecule has 0 saturated carbocycles. The Bertz CT molecular complexity index is 737. The summed E-state index contributed by atoms with van der Waals surface area (Å²) in [5, 5.41) is 2.14. The van der Waals surface area contributed by atoms with Crippen molar-refractivity contribution in [3.63, 3.8) is 0 Å². The van der Waals surface area contributed by atoms with Crippen molar-refractivity contribution >= 4 is 39.0 Å². The normalized spacial score (nSPS) is 18.3. The van der Waals surface area contributed by atoms with E-state index < -0.39 is 0 Å². The first kappa shape index (κ1) is 17.0. The van der Waals surface area contributed by atoms with Crippen LogP contribution in [-0.4, -0.2) is 35.4 Å². The number of aromatic nitrogens is 1. The van der Waals surface area contributed by atoms with Crippen molar-refractivity contribution in [3.8, 4) is 0 Å². The molecule has 132 valence electrons. The number of pyridine rings is 1. The first-order chi connectivity index (χ1) is 12.2. The summed E-state index contributed by atoms with van der Waals surface area (Å²) in [5.74, 6) is 1.87. The minimum Gasteiger partial charge on any atom is -0.357 e. The Labute approximate surface area is 161 Å². The number of carbonyl (C=O) groups excluding carboxylic acids is 1. The smallest absolute Gasteiger partial charge is 0.223 e. The Morgan fingerprint density at radius 1 is 1.24 bits per heavy atom. The summed E-state index contributed by atoms with van der Waals surface area (Å²) in [7, 11) is 0. The average molecular weight is 420 g/mol. The fourth-order valence-electron chi connectivity index (χ4n) is 3.76. The molecule has 25 heavy (non-hydrogen) atoms. The van der Waals surface area contributed by atoms with E-state index in [1.54, 1.807) is 0 Å². The molecule has 4 rings (SSSR count). The van der Waals surface area contributed by atoms with Crippen LogP contribution in [0.4, 0.5) is 5.82 Å². The lowest BCUT2D eigenvalue weighted by Gasteiger charge is -2.34. The monoisotopic (exact) mass is 419 g/mol. The van der Waals surface area contributed by atoms with E-state index in [0.29, 0.717) is 18.2 Å². The number of thiophene rings is 1. The van der Waals surface area contributed by atoms with Crippen molar-refractivity contribution in [1.82, 2.24) is 9.88 Å². The summed E-state index contributed by atoms with van der Waals surface area (Å²) in [4.78, 5) is 23.0. The van der Waals surface area contributed by atoms with Crippen LogP contribution in [0.25, 0.3) is 0 Å². The van der Waals surface area contributed by atoms with E-state index in [1.807, 2.05) is 23.6 Å². The first-order valence-electron chi connectivity index (χ1n) is 8.88. The molecule has 0 unspecified atom stereocenters. The molecule has 0 radical (unpaired) electrons. The molecule has 1 saturated heterocycles. The summed E-state index contributed by atoms with van der Waals surface area (Å²) < 4.78 is 1.01. The van der Waals surface area contributed by atoms with E-state index in [9.17, 15) is 4.79 Å². The number of amides is 1. The third-order valence-electron chi connectivity index (χ3n) is 5.27. The standard InChI is InChI=1S/C19H22BrN3OS/c20-16-1-2-18(21-12-16)22-7-3-14(4-8-22)11-19(24)23-9-5-17-15(13-23)6-10-25-17/h1-2,6,10,12,14H,3-5,7-9,11,13H2. The zero-order valence-electron chi connectivity index (χ0n) is 14.2. The zero-order valence-corrected chi connectivity index (χ0v) is 16.6. The van der Waals surface area contributed by atoms with Gasteiger partial charge in [0.25, 0.3) is 0 Å². The number of halogens is 1. The minimum atomic E-state index is 0.331. The highest BCUT2D eigenvalue weighted by Crippen LogP contribution is 2.28. The van der Waals surface area contributed by atoms with E-state index in [2.05, 4.69) is 48.2 Å². The maximum atomic E-state index is 12.7. The lowest BCUT2D eigenvalue weighted by atomic mass is 9.92. The molecular weight excluding hydrogens is 398 g/mol. The third-order valence-corrected chi connectivity index (χ3v) is 6.77. The molecule has 0 aromatic carbocycles. The van der Waals surface area contributed by atoms with Gasteiger partial charge in [-0.25, -0.2) is 4.98 Å². The number of anilines is 1. The van der Waals surface area contributed by atoms with Crippen LogP contribution in [-0.2, 0) is 17.8 Å². The van der Waals surface area contributed by atoms with Crippen molar-refractivity contribution < 1.29 is 4.79 Å². The number of hydrogen-bond donors (Lipinski definition) is 0. The molecular formula is C19H22BrN3OS. The quantitative estimate of drug-likeness (QED) is 0.751. The molecule has 0 N–H and O–H groups in total. The molecule has 0 spiro atoms. The first-order valence-corrected chi connectivity index (χ1v) is 10.6. The predicted molar refractivity (Wildman–Crippen MR) is 105 cm³/mol. The largest absolute Gasteiger partial charge is 0.357 e. The molecule has 0 atom stereocenters. The summed E-state index contributed by atoms with van der Waals surface area (Å²) in [5.41, 5.74) is 1.35. The third kappa shape index (κ3) is 3.90. The van der Waals surface area contributed by atoms with Gasteiger partial charge in [0.15, 0.2) is 0 Å². The van der Waals surface area contributed by atoms with Gasteiger partial charge in [-0.1, -0.05) is 0 Å². The van der Waals surface area contributed by atoms with Crippen molar-refractivity contribution in [1.29, 1.82) is 0 Å². The van der Waals surface area contributed by atoms with Gasteiger partial charge in [0.2, 0.25) is 5.91 Å². The Balaban J connectivity index is 1.28. The lowest BCUT2D eigenvalue weighted by molar-refractivity contribution is -0.133. The molecule has 1 amide bonds. The van der Waals surface area contributed by atoms with E-state index in [0.717, 1.165) is 55.7 Å². The van der Waals surface area contributed by atoms with Crippen molar-refractivity contribution in [2.75, 3.05) is 24.5 Å². The SMILES string of the molecule is O=C(CC1CCN(c2ccc(Br)cn2)CC1)N1CCc2sccc2C1. The summed E-state index contributed by atoms with van der Waals surface area (Å²) in [6, 6.07) is 6.26. The molecule has 2 aromatic heterocycles. The summed E-state index contributed by atoms with van der Waals surface area (Å²) in [6.45, 7) is 3.66. The van der Waals surface area contributed by atoms with E-state index in [1.165, 1.54) is 10.4 Å². The van der Waals surface area contributed by atoms with Gasteiger partial charge < -0.3 is 9.80 Å². The molecule has 0 aliphatic carbocycles. The average Bonchev–Trinajstić information content (AvgIpc) is 3.11. The van der Waals surface area contributed by atoms with Crippen LogP contribution in [0, 0.1) is 5.92 Å². The van der Waals surface area contributed by atoms with Crippen LogP contribution in [0.15, 0.2) is 34.2 Å². The second-order valence-electron chi connectivity index (χ2n) is 6.90. The van der Waals surface area contributed by atoms with Crippen LogP contribution in [0.5, 0.6) is 0 Å². The van der Waals surface area contributed by atoms with Crippen LogP contribution in [0.2, 0.25) is 0 Å². The van der Waals surface area contributed by atoms with Crippen molar-refractivity contribution in [2.45, 2.75) is 32.2 Å². The van der Waals surface area contributed by atoms with Crippen LogP contribution < -0.4 is 4.90 Å². The maximum Gasteiger partial charge on any atom is 0.223 e. The van der Waals surface area contributed by atoms with Crippen LogP contribution in [0.1, 0.15) is 29.7 Å².